The van der Waals surface area contributed by atoms with E-state index in [-0.39, 0.29) is 0 Å². The largest absolute Gasteiger partial charge is 0.452 e. The molecule has 124 valence electrons. The molecule has 0 bridgehead atoms. The predicted octanol–water partition coefficient (Wildman–Crippen LogP) is 3.64. The van der Waals surface area contributed by atoms with E-state index in [1.807, 2.05) is 31.2 Å². The molecule has 2 aromatic carbocycles. The predicted molar refractivity (Wildman–Crippen MR) is 90.9 cm³/mol. The summed E-state index contributed by atoms with van der Waals surface area (Å²) in [4.78, 5) is 23.3. The number of hydrogen-bond donors (Lipinski definition) is 1. The highest BCUT2D eigenvalue weighted by atomic mass is 19.1. The SMILES string of the molecule is Cc1ccc(/C=C/C(=O)OCC(=O)Nc2ccc(C)c(F)c2)cc1. The van der Waals surface area contributed by atoms with Crippen LogP contribution in [0, 0.1) is 19.7 Å². The van der Waals surface area contributed by atoms with Gasteiger partial charge in [-0.25, -0.2) is 9.18 Å². The van der Waals surface area contributed by atoms with E-state index in [0.717, 1.165) is 11.1 Å². The van der Waals surface area contributed by atoms with Crippen LogP contribution in [0.5, 0.6) is 0 Å². The van der Waals surface area contributed by atoms with Crippen LogP contribution < -0.4 is 5.32 Å². The van der Waals surface area contributed by atoms with E-state index in [1.54, 1.807) is 25.1 Å². The third-order valence-corrected chi connectivity index (χ3v) is 3.29. The summed E-state index contributed by atoms with van der Waals surface area (Å²) in [6.07, 6.45) is 2.86. The van der Waals surface area contributed by atoms with E-state index in [1.165, 1.54) is 12.1 Å². The molecule has 0 aliphatic rings. The minimum atomic E-state index is -0.624. The van der Waals surface area contributed by atoms with E-state index in [4.69, 9.17) is 4.74 Å². The Bertz CT molecular complexity index is 767. The van der Waals surface area contributed by atoms with Crippen molar-refractivity contribution in [2.45, 2.75) is 13.8 Å². The summed E-state index contributed by atoms with van der Waals surface area (Å²) in [5.41, 5.74) is 2.78. The molecule has 0 aromatic heterocycles. The van der Waals surface area contributed by atoms with Crippen LogP contribution in [0.25, 0.3) is 6.08 Å². The second-order valence-corrected chi connectivity index (χ2v) is 5.36. The molecule has 1 N–H and O–H groups in total. The Morgan fingerprint density at radius 3 is 2.50 bits per heavy atom. The summed E-state index contributed by atoms with van der Waals surface area (Å²) in [6, 6.07) is 12.0. The molecule has 2 rings (SSSR count). The van der Waals surface area contributed by atoms with E-state index >= 15 is 0 Å². The molecule has 0 fully saturated rings. The van der Waals surface area contributed by atoms with Gasteiger partial charge >= 0.3 is 5.97 Å². The maximum atomic E-state index is 13.4. The number of nitrogens with one attached hydrogen (secondary N) is 1. The number of esters is 1. The van der Waals surface area contributed by atoms with Gasteiger partial charge in [0.2, 0.25) is 0 Å². The van der Waals surface area contributed by atoms with Gasteiger partial charge in [-0.3, -0.25) is 4.79 Å². The topological polar surface area (TPSA) is 55.4 Å². The summed E-state index contributed by atoms with van der Waals surface area (Å²) >= 11 is 0. The van der Waals surface area contributed by atoms with Gasteiger partial charge in [0, 0.05) is 11.8 Å². The molecule has 24 heavy (non-hydrogen) atoms. The third kappa shape index (κ3) is 5.35. The summed E-state index contributed by atoms with van der Waals surface area (Å²) in [7, 11) is 0. The fraction of sp³-hybridized carbons (Fsp3) is 0.158. The van der Waals surface area contributed by atoms with Crippen molar-refractivity contribution in [3.8, 4) is 0 Å². The Kier molecular flexibility index (Phi) is 5.84. The molecule has 0 spiro atoms. The van der Waals surface area contributed by atoms with Crippen molar-refractivity contribution in [3.05, 3.63) is 71.0 Å². The third-order valence-electron chi connectivity index (χ3n) is 3.29. The molecule has 2 aromatic rings. The quantitative estimate of drug-likeness (QED) is 0.674. The van der Waals surface area contributed by atoms with Crippen molar-refractivity contribution < 1.29 is 18.7 Å². The van der Waals surface area contributed by atoms with Crippen molar-refractivity contribution in [2.75, 3.05) is 11.9 Å². The average molecular weight is 327 g/mol. The molecule has 0 heterocycles. The summed E-state index contributed by atoms with van der Waals surface area (Å²) < 4.78 is 18.2. The number of benzene rings is 2. The van der Waals surface area contributed by atoms with Crippen molar-refractivity contribution in [1.82, 2.24) is 0 Å². The Balaban J connectivity index is 1.81. The Morgan fingerprint density at radius 1 is 1.12 bits per heavy atom. The first-order chi connectivity index (χ1) is 11.4. The zero-order chi connectivity index (χ0) is 17.5. The number of hydrogen-bond acceptors (Lipinski definition) is 3. The smallest absolute Gasteiger partial charge is 0.331 e. The van der Waals surface area contributed by atoms with Crippen molar-refractivity contribution in [2.24, 2.45) is 0 Å². The minimum Gasteiger partial charge on any atom is -0.452 e. The molecule has 4 nitrogen and oxygen atoms in total. The van der Waals surface area contributed by atoms with Gasteiger partial charge in [-0.1, -0.05) is 35.9 Å². The van der Waals surface area contributed by atoms with Crippen LogP contribution in [0.2, 0.25) is 0 Å². The van der Waals surface area contributed by atoms with Crippen LogP contribution in [0.15, 0.2) is 48.5 Å². The molecule has 0 atom stereocenters. The first-order valence-corrected chi connectivity index (χ1v) is 7.41. The van der Waals surface area contributed by atoms with Crippen LogP contribution >= 0.6 is 0 Å². The summed E-state index contributed by atoms with van der Waals surface area (Å²) in [5.74, 6) is -1.57. The second-order valence-electron chi connectivity index (χ2n) is 5.36. The molecule has 0 aliphatic carbocycles. The minimum absolute atomic E-state index is 0.314. The number of aryl methyl sites for hydroxylation is 2. The normalized spacial score (nSPS) is 10.6. The fourth-order valence-corrected chi connectivity index (χ4v) is 1.89. The van der Waals surface area contributed by atoms with Crippen LogP contribution in [0.3, 0.4) is 0 Å². The molecule has 0 radical (unpaired) electrons. The molecule has 1 amide bonds. The monoisotopic (exact) mass is 327 g/mol. The van der Waals surface area contributed by atoms with Gasteiger partial charge in [0.15, 0.2) is 6.61 Å². The Labute approximate surface area is 140 Å². The lowest BCUT2D eigenvalue weighted by atomic mass is 10.1. The zero-order valence-corrected chi connectivity index (χ0v) is 13.5. The highest BCUT2D eigenvalue weighted by Crippen LogP contribution is 2.13. The van der Waals surface area contributed by atoms with Crippen LogP contribution in [-0.2, 0) is 14.3 Å². The van der Waals surface area contributed by atoms with Gasteiger partial charge in [0.1, 0.15) is 5.82 Å². The molecular formula is C19H18FNO3. The van der Waals surface area contributed by atoms with E-state index < -0.39 is 24.3 Å². The Hall–Kier alpha value is -2.95. The number of ether oxygens (including phenoxy) is 1. The maximum absolute atomic E-state index is 13.4. The average Bonchev–Trinajstić information content (AvgIpc) is 2.56. The lowest BCUT2D eigenvalue weighted by Crippen LogP contribution is -2.20. The van der Waals surface area contributed by atoms with Gasteiger partial charge in [-0.2, -0.15) is 0 Å². The molecular weight excluding hydrogens is 309 g/mol. The van der Waals surface area contributed by atoms with Gasteiger partial charge in [0.05, 0.1) is 0 Å². The van der Waals surface area contributed by atoms with Crippen LogP contribution in [-0.4, -0.2) is 18.5 Å². The standard InChI is InChI=1S/C19H18FNO3/c1-13-3-6-15(7-4-13)8-10-19(23)24-12-18(22)21-16-9-5-14(2)17(20)11-16/h3-11H,12H2,1-2H3,(H,21,22)/b10-8+. The van der Waals surface area contributed by atoms with Gasteiger partial charge in [-0.15, -0.1) is 0 Å². The number of rotatable bonds is 5. The van der Waals surface area contributed by atoms with E-state index in [2.05, 4.69) is 5.32 Å². The maximum Gasteiger partial charge on any atom is 0.331 e. The van der Waals surface area contributed by atoms with Gasteiger partial charge in [0.25, 0.3) is 5.91 Å². The van der Waals surface area contributed by atoms with Crippen LogP contribution in [0.4, 0.5) is 10.1 Å². The summed E-state index contributed by atoms with van der Waals surface area (Å²) in [6.45, 7) is 3.16. The molecule has 0 unspecified atom stereocenters. The number of amides is 1. The highest BCUT2D eigenvalue weighted by Gasteiger charge is 2.07. The number of carbonyl (C=O) groups is 2. The number of anilines is 1. The fourth-order valence-electron chi connectivity index (χ4n) is 1.89. The zero-order valence-electron chi connectivity index (χ0n) is 13.5. The van der Waals surface area contributed by atoms with E-state index in [9.17, 15) is 14.0 Å². The first kappa shape index (κ1) is 17.4. The van der Waals surface area contributed by atoms with Crippen molar-refractivity contribution in [3.63, 3.8) is 0 Å². The van der Waals surface area contributed by atoms with E-state index in [0.29, 0.717) is 11.3 Å². The van der Waals surface area contributed by atoms with Crippen LogP contribution in [0.1, 0.15) is 16.7 Å². The van der Waals surface area contributed by atoms with Gasteiger partial charge < -0.3 is 10.1 Å². The molecule has 0 saturated heterocycles. The second kappa shape index (κ2) is 8.06. The van der Waals surface area contributed by atoms with Crippen molar-refractivity contribution >= 4 is 23.6 Å². The summed E-state index contributed by atoms with van der Waals surface area (Å²) in [5, 5.41) is 2.47. The number of carbonyl (C=O) groups excluding carboxylic acids is 2. The highest BCUT2D eigenvalue weighted by molar-refractivity contribution is 5.94. The first-order valence-electron chi connectivity index (χ1n) is 7.41. The molecule has 5 heteroatoms. The van der Waals surface area contributed by atoms with Gasteiger partial charge in [-0.05, 0) is 43.2 Å². The Morgan fingerprint density at radius 2 is 1.83 bits per heavy atom. The lowest BCUT2D eigenvalue weighted by Gasteiger charge is -2.06. The molecule has 0 saturated carbocycles. The molecule has 0 aliphatic heterocycles. The van der Waals surface area contributed by atoms with Crippen molar-refractivity contribution in [1.29, 1.82) is 0 Å². The lowest BCUT2D eigenvalue weighted by molar-refractivity contribution is -0.142. The number of halogens is 1.